The van der Waals surface area contributed by atoms with Gasteiger partial charge in [0.1, 0.15) is 12.6 Å². The number of carbonyl (C=O) groups is 4. The first-order valence-electron chi connectivity index (χ1n) is 11.9. The number of hydrogen-bond donors (Lipinski definition) is 2. The number of carbonyl (C=O) groups excluding carboxylic acids is 4. The highest BCUT2D eigenvalue weighted by Crippen LogP contribution is 2.30. The second kappa shape index (κ2) is 14.2. The van der Waals surface area contributed by atoms with Crippen molar-refractivity contribution < 1.29 is 41.1 Å². The van der Waals surface area contributed by atoms with E-state index >= 15 is 0 Å². The molecule has 0 saturated heterocycles. The van der Waals surface area contributed by atoms with Crippen LogP contribution in [0.1, 0.15) is 37.4 Å². The van der Waals surface area contributed by atoms with Crippen LogP contribution in [0.4, 0.5) is 22.0 Å². The van der Waals surface area contributed by atoms with E-state index in [0.29, 0.717) is 20.6 Å². The standard InChI is InChI=1S/C27H24Cl3F5N2O4/c1-14(2)20(24(40)27(34,35)25(41)36-13-26(31,32)33)12-21(38)23(16-4-6-17(28)7-5-16)37-22(39)8-3-15-9-18(29)11-19(30)10-15/h3-11,14,20,23H,12-13H2,1-2H3,(H,36,41)(H,37,39)/b8-3+/t20-,23-/m0/s1. The van der Waals surface area contributed by atoms with Gasteiger partial charge in [-0.05, 0) is 53.5 Å². The fourth-order valence-electron chi connectivity index (χ4n) is 3.64. The fraction of sp³-hybridized carbons (Fsp3) is 0.333. The lowest BCUT2D eigenvalue weighted by Crippen LogP contribution is -2.51. The molecule has 41 heavy (non-hydrogen) atoms. The molecule has 2 amide bonds. The Morgan fingerprint density at radius 3 is 1.95 bits per heavy atom. The van der Waals surface area contributed by atoms with Crippen LogP contribution < -0.4 is 10.6 Å². The van der Waals surface area contributed by atoms with Gasteiger partial charge in [-0.25, -0.2) is 0 Å². The van der Waals surface area contributed by atoms with Crippen molar-refractivity contribution in [3.63, 3.8) is 0 Å². The molecule has 0 bridgehead atoms. The zero-order valence-corrected chi connectivity index (χ0v) is 23.8. The van der Waals surface area contributed by atoms with Gasteiger partial charge in [-0.3, -0.25) is 19.2 Å². The number of halogens is 8. The molecular weight excluding hydrogens is 618 g/mol. The van der Waals surface area contributed by atoms with Crippen LogP contribution in [0.25, 0.3) is 6.08 Å². The number of rotatable bonds is 12. The number of hydrogen-bond acceptors (Lipinski definition) is 4. The van der Waals surface area contributed by atoms with Crippen molar-refractivity contribution in [2.75, 3.05) is 6.54 Å². The first-order chi connectivity index (χ1) is 18.9. The monoisotopic (exact) mass is 640 g/mol. The molecule has 0 aliphatic heterocycles. The highest BCUT2D eigenvalue weighted by Gasteiger charge is 2.51. The molecule has 6 nitrogen and oxygen atoms in total. The molecule has 0 radical (unpaired) electrons. The van der Waals surface area contributed by atoms with Crippen molar-refractivity contribution in [2.24, 2.45) is 11.8 Å². The quantitative estimate of drug-likeness (QED) is 0.155. The fourth-order valence-corrected chi connectivity index (χ4v) is 4.31. The average Bonchev–Trinajstić information content (AvgIpc) is 2.86. The van der Waals surface area contributed by atoms with E-state index in [2.05, 4.69) is 5.32 Å². The summed E-state index contributed by atoms with van der Waals surface area (Å²) in [7, 11) is 0. The number of ketones is 2. The summed E-state index contributed by atoms with van der Waals surface area (Å²) < 4.78 is 66.3. The van der Waals surface area contributed by atoms with E-state index in [1.54, 1.807) is 0 Å². The van der Waals surface area contributed by atoms with Gasteiger partial charge < -0.3 is 10.6 Å². The van der Waals surface area contributed by atoms with Crippen LogP contribution in [-0.4, -0.2) is 42.0 Å². The molecule has 0 heterocycles. The predicted molar refractivity (Wildman–Crippen MR) is 145 cm³/mol. The van der Waals surface area contributed by atoms with Gasteiger partial charge in [0.2, 0.25) is 11.7 Å². The molecule has 0 aliphatic carbocycles. The van der Waals surface area contributed by atoms with Gasteiger partial charge in [0.05, 0.1) is 0 Å². The summed E-state index contributed by atoms with van der Waals surface area (Å²) in [5, 5.41) is 4.34. The van der Waals surface area contributed by atoms with E-state index in [0.717, 1.165) is 11.4 Å². The summed E-state index contributed by atoms with van der Waals surface area (Å²) in [6.45, 7) is 0.585. The summed E-state index contributed by atoms with van der Waals surface area (Å²) in [5.74, 6) is -13.7. The zero-order valence-electron chi connectivity index (χ0n) is 21.5. The topological polar surface area (TPSA) is 92.3 Å². The van der Waals surface area contributed by atoms with Gasteiger partial charge in [0, 0.05) is 33.5 Å². The second-order valence-electron chi connectivity index (χ2n) is 9.29. The van der Waals surface area contributed by atoms with Crippen LogP contribution in [0.5, 0.6) is 0 Å². The highest BCUT2D eigenvalue weighted by molar-refractivity contribution is 6.34. The van der Waals surface area contributed by atoms with Gasteiger partial charge in [-0.2, -0.15) is 22.0 Å². The lowest BCUT2D eigenvalue weighted by atomic mass is 9.82. The van der Waals surface area contributed by atoms with Crippen LogP contribution in [-0.2, 0) is 19.2 Å². The van der Waals surface area contributed by atoms with E-state index in [-0.39, 0.29) is 5.56 Å². The smallest absolute Gasteiger partial charge is 0.341 e. The predicted octanol–water partition coefficient (Wildman–Crippen LogP) is 6.63. The minimum Gasteiger partial charge on any atom is -0.341 e. The van der Waals surface area contributed by atoms with E-state index < -0.39 is 66.3 Å². The number of Topliss-reactive ketones (excluding diaryl/α,β-unsaturated/α-hetero) is 2. The first-order valence-corrected chi connectivity index (χ1v) is 13.0. The third kappa shape index (κ3) is 10.4. The number of alkyl halides is 5. The molecule has 2 aromatic rings. The molecule has 0 fully saturated rings. The summed E-state index contributed by atoms with van der Waals surface area (Å²) >= 11 is 17.8. The largest absolute Gasteiger partial charge is 0.405 e. The summed E-state index contributed by atoms with van der Waals surface area (Å²) in [6.07, 6.45) is -3.42. The van der Waals surface area contributed by atoms with Crippen LogP contribution in [0, 0.1) is 11.8 Å². The number of amides is 2. The Labute approximate surface area is 247 Å². The van der Waals surface area contributed by atoms with Crippen LogP contribution in [0.15, 0.2) is 48.5 Å². The molecule has 0 aliphatic rings. The third-order valence-electron chi connectivity index (χ3n) is 5.73. The van der Waals surface area contributed by atoms with Crippen molar-refractivity contribution >= 4 is 64.3 Å². The van der Waals surface area contributed by atoms with Crippen molar-refractivity contribution in [2.45, 2.75) is 38.4 Å². The van der Waals surface area contributed by atoms with Gasteiger partial charge in [0.25, 0.3) is 5.91 Å². The van der Waals surface area contributed by atoms with Crippen LogP contribution in [0.2, 0.25) is 15.1 Å². The molecule has 0 aromatic heterocycles. The lowest BCUT2D eigenvalue weighted by Gasteiger charge is -2.26. The molecule has 2 N–H and O–H groups in total. The van der Waals surface area contributed by atoms with Crippen molar-refractivity contribution in [3.8, 4) is 0 Å². The normalized spacial score (nSPS) is 13.6. The van der Waals surface area contributed by atoms with Gasteiger partial charge >= 0.3 is 12.1 Å². The average molecular weight is 642 g/mol. The lowest BCUT2D eigenvalue weighted by molar-refractivity contribution is -0.167. The molecule has 0 spiro atoms. The maximum absolute atomic E-state index is 14.6. The Bertz CT molecular complexity index is 1290. The molecule has 0 saturated carbocycles. The van der Waals surface area contributed by atoms with E-state index in [1.165, 1.54) is 62.4 Å². The Hall–Kier alpha value is -3.02. The molecule has 2 aromatic carbocycles. The third-order valence-corrected chi connectivity index (χ3v) is 6.42. The Morgan fingerprint density at radius 2 is 1.44 bits per heavy atom. The zero-order chi connectivity index (χ0) is 31.1. The Morgan fingerprint density at radius 1 is 0.878 bits per heavy atom. The van der Waals surface area contributed by atoms with E-state index in [9.17, 15) is 41.1 Å². The second-order valence-corrected chi connectivity index (χ2v) is 10.6. The number of benzene rings is 2. The SMILES string of the molecule is CC(C)[C@H](CC(=O)[C@@H](NC(=O)/C=C/c1cc(Cl)cc(Cl)c1)c1ccc(Cl)cc1)C(=O)C(F)(F)C(=O)NCC(F)(F)F. The van der Waals surface area contributed by atoms with Gasteiger partial charge in [0.15, 0.2) is 5.78 Å². The van der Waals surface area contributed by atoms with Gasteiger partial charge in [-0.15, -0.1) is 0 Å². The molecular formula is C27H24Cl3F5N2O4. The van der Waals surface area contributed by atoms with Crippen molar-refractivity contribution in [1.82, 2.24) is 10.6 Å². The first kappa shape index (κ1) is 34.2. The Balaban J connectivity index is 2.30. The highest BCUT2D eigenvalue weighted by atomic mass is 35.5. The summed E-state index contributed by atoms with van der Waals surface area (Å²) in [5.41, 5.74) is 0.667. The molecule has 2 atom stereocenters. The van der Waals surface area contributed by atoms with Crippen molar-refractivity contribution in [3.05, 3.63) is 74.7 Å². The minimum absolute atomic E-state index is 0.205. The molecule has 222 valence electrons. The van der Waals surface area contributed by atoms with Crippen LogP contribution in [0.3, 0.4) is 0 Å². The van der Waals surface area contributed by atoms with E-state index in [4.69, 9.17) is 34.8 Å². The summed E-state index contributed by atoms with van der Waals surface area (Å²) in [4.78, 5) is 50.5. The molecule has 14 heteroatoms. The van der Waals surface area contributed by atoms with E-state index in [1.807, 2.05) is 0 Å². The van der Waals surface area contributed by atoms with Crippen molar-refractivity contribution in [1.29, 1.82) is 0 Å². The summed E-state index contributed by atoms with van der Waals surface area (Å²) in [6, 6.07) is 8.70. The Kier molecular flexibility index (Phi) is 11.9. The van der Waals surface area contributed by atoms with Crippen LogP contribution >= 0.6 is 34.8 Å². The molecule has 0 unspecified atom stereocenters. The number of nitrogens with one attached hydrogen (secondary N) is 2. The molecule has 2 rings (SSSR count). The maximum Gasteiger partial charge on any atom is 0.405 e. The maximum atomic E-state index is 14.6. The minimum atomic E-state index is -4.99. The van der Waals surface area contributed by atoms with Gasteiger partial charge in [-0.1, -0.05) is 60.8 Å².